The Morgan fingerprint density at radius 2 is 2.08 bits per heavy atom. The predicted octanol–water partition coefficient (Wildman–Crippen LogP) is 2.44. The van der Waals surface area contributed by atoms with E-state index in [9.17, 15) is 0 Å². The van der Waals surface area contributed by atoms with Crippen LogP contribution in [0.25, 0.3) is 0 Å². The molecule has 0 atom stereocenters. The molecule has 0 heterocycles. The fourth-order valence-corrected chi connectivity index (χ4v) is 1.38. The molecule has 0 aliphatic heterocycles. The quantitative estimate of drug-likeness (QED) is 0.765. The number of benzene rings is 1. The number of halogens is 1. The van der Waals surface area contributed by atoms with Crippen molar-refractivity contribution in [1.82, 2.24) is 0 Å². The summed E-state index contributed by atoms with van der Waals surface area (Å²) >= 11 is 3.35. The van der Waals surface area contributed by atoms with Gasteiger partial charge in [-0.3, -0.25) is 0 Å². The monoisotopic (exact) mass is 246 g/mol. The molecule has 0 N–H and O–H groups in total. The molecular weight excluding hydrogens is 236 g/mol. The average molecular weight is 247 g/mol. The molecule has 3 nitrogen and oxygen atoms in total. The van der Waals surface area contributed by atoms with Crippen molar-refractivity contribution in [2.45, 2.75) is 0 Å². The molecule has 72 valence electrons. The summed E-state index contributed by atoms with van der Waals surface area (Å²) in [5.74, 6) is 1.53. The lowest BCUT2D eigenvalue weighted by Gasteiger charge is -2.07. The molecule has 1 rings (SSSR count). The van der Waals surface area contributed by atoms with Crippen molar-refractivity contribution < 1.29 is 14.2 Å². The van der Waals surface area contributed by atoms with Gasteiger partial charge >= 0.3 is 0 Å². The highest BCUT2D eigenvalue weighted by atomic mass is 79.9. The molecule has 0 saturated carbocycles. The van der Waals surface area contributed by atoms with Crippen LogP contribution in [0.1, 0.15) is 0 Å². The van der Waals surface area contributed by atoms with Gasteiger partial charge in [-0.15, -0.1) is 0 Å². The first-order chi connectivity index (χ1) is 6.27. The van der Waals surface area contributed by atoms with Crippen LogP contribution >= 0.6 is 15.9 Å². The summed E-state index contributed by atoms with van der Waals surface area (Å²) in [7, 11) is 3.20. The molecule has 0 fully saturated rings. The van der Waals surface area contributed by atoms with Crippen LogP contribution in [-0.4, -0.2) is 21.0 Å². The van der Waals surface area contributed by atoms with E-state index < -0.39 is 0 Å². The van der Waals surface area contributed by atoms with Crippen molar-refractivity contribution in [2.75, 3.05) is 21.0 Å². The van der Waals surface area contributed by atoms with Crippen LogP contribution in [-0.2, 0) is 4.74 Å². The highest BCUT2D eigenvalue weighted by molar-refractivity contribution is 9.10. The van der Waals surface area contributed by atoms with E-state index in [4.69, 9.17) is 14.2 Å². The SMILES string of the molecule is COCOc1ccc(OC)c(Br)c1. The third-order valence-electron chi connectivity index (χ3n) is 1.47. The lowest BCUT2D eigenvalue weighted by Crippen LogP contribution is -1.98. The molecule has 0 amide bonds. The summed E-state index contributed by atoms with van der Waals surface area (Å²) in [5, 5.41) is 0. The molecule has 4 heteroatoms. The van der Waals surface area contributed by atoms with Gasteiger partial charge in [-0.05, 0) is 34.1 Å². The average Bonchev–Trinajstić information content (AvgIpc) is 2.15. The van der Waals surface area contributed by atoms with E-state index in [0.29, 0.717) is 0 Å². The van der Waals surface area contributed by atoms with Gasteiger partial charge < -0.3 is 14.2 Å². The van der Waals surface area contributed by atoms with Crippen LogP contribution in [0.4, 0.5) is 0 Å². The van der Waals surface area contributed by atoms with E-state index in [-0.39, 0.29) is 6.79 Å². The van der Waals surface area contributed by atoms with Crippen molar-refractivity contribution in [3.8, 4) is 11.5 Å². The van der Waals surface area contributed by atoms with Crippen molar-refractivity contribution in [2.24, 2.45) is 0 Å². The van der Waals surface area contributed by atoms with Gasteiger partial charge in [0.2, 0.25) is 0 Å². The zero-order valence-corrected chi connectivity index (χ0v) is 9.13. The Hall–Kier alpha value is -0.740. The summed E-state index contributed by atoms with van der Waals surface area (Å²) in [5.41, 5.74) is 0. The van der Waals surface area contributed by atoms with Gasteiger partial charge in [0.05, 0.1) is 11.6 Å². The van der Waals surface area contributed by atoms with Gasteiger partial charge in [-0.2, -0.15) is 0 Å². The Kier molecular flexibility index (Phi) is 4.05. The molecule has 0 saturated heterocycles. The fourth-order valence-electron chi connectivity index (χ4n) is 0.864. The minimum absolute atomic E-state index is 0.249. The fraction of sp³-hybridized carbons (Fsp3) is 0.333. The summed E-state index contributed by atoms with van der Waals surface area (Å²) in [6, 6.07) is 5.48. The molecule has 0 aliphatic carbocycles. The maximum Gasteiger partial charge on any atom is 0.188 e. The molecule has 13 heavy (non-hydrogen) atoms. The first kappa shape index (κ1) is 10.3. The van der Waals surface area contributed by atoms with Crippen LogP contribution in [0.3, 0.4) is 0 Å². The van der Waals surface area contributed by atoms with E-state index >= 15 is 0 Å². The zero-order chi connectivity index (χ0) is 9.68. The van der Waals surface area contributed by atoms with E-state index in [1.54, 1.807) is 14.2 Å². The molecule has 0 aliphatic rings. The Balaban J connectivity index is 2.71. The van der Waals surface area contributed by atoms with Crippen LogP contribution in [0.5, 0.6) is 11.5 Å². The number of rotatable bonds is 4. The van der Waals surface area contributed by atoms with Gasteiger partial charge in [0.15, 0.2) is 6.79 Å². The van der Waals surface area contributed by atoms with E-state index in [2.05, 4.69) is 15.9 Å². The van der Waals surface area contributed by atoms with Crippen molar-refractivity contribution in [3.63, 3.8) is 0 Å². The van der Waals surface area contributed by atoms with E-state index in [1.165, 1.54) is 0 Å². The first-order valence-electron chi connectivity index (χ1n) is 3.73. The molecule has 0 radical (unpaired) electrons. The Bertz CT molecular complexity index is 276. The topological polar surface area (TPSA) is 27.7 Å². The number of hydrogen-bond donors (Lipinski definition) is 0. The summed E-state index contributed by atoms with van der Waals surface area (Å²) < 4.78 is 15.9. The van der Waals surface area contributed by atoms with Crippen molar-refractivity contribution >= 4 is 15.9 Å². The van der Waals surface area contributed by atoms with Gasteiger partial charge in [-0.25, -0.2) is 0 Å². The molecule has 0 bridgehead atoms. The largest absolute Gasteiger partial charge is 0.496 e. The molecule has 1 aromatic carbocycles. The third kappa shape index (κ3) is 2.90. The molecular formula is C9H11BrO3. The highest BCUT2D eigenvalue weighted by Crippen LogP contribution is 2.28. The van der Waals surface area contributed by atoms with Gasteiger partial charge in [0, 0.05) is 7.11 Å². The van der Waals surface area contributed by atoms with Crippen LogP contribution in [0.15, 0.2) is 22.7 Å². The maximum atomic E-state index is 5.23. The van der Waals surface area contributed by atoms with Crippen molar-refractivity contribution in [1.29, 1.82) is 0 Å². The second-order valence-electron chi connectivity index (χ2n) is 2.35. The second kappa shape index (κ2) is 5.09. The Morgan fingerprint density at radius 1 is 1.31 bits per heavy atom. The van der Waals surface area contributed by atoms with Gasteiger partial charge in [0.1, 0.15) is 11.5 Å². The number of hydrogen-bond acceptors (Lipinski definition) is 3. The van der Waals surface area contributed by atoms with Crippen LogP contribution in [0, 0.1) is 0 Å². The first-order valence-corrected chi connectivity index (χ1v) is 4.52. The minimum atomic E-state index is 0.249. The number of ether oxygens (including phenoxy) is 3. The normalized spacial score (nSPS) is 9.77. The maximum absolute atomic E-state index is 5.23. The summed E-state index contributed by atoms with van der Waals surface area (Å²) in [6.07, 6.45) is 0. The highest BCUT2D eigenvalue weighted by Gasteiger charge is 2.01. The molecule has 0 aromatic heterocycles. The van der Waals surface area contributed by atoms with Gasteiger partial charge in [0.25, 0.3) is 0 Å². The second-order valence-corrected chi connectivity index (χ2v) is 3.20. The van der Waals surface area contributed by atoms with Gasteiger partial charge in [-0.1, -0.05) is 0 Å². The Labute approximate surface area is 85.7 Å². The van der Waals surface area contributed by atoms with E-state index in [0.717, 1.165) is 16.0 Å². The third-order valence-corrected chi connectivity index (χ3v) is 2.09. The van der Waals surface area contributed by atoms with E-state index in [1.807, 2.05) is 18.2 Å². The Morgan fingerprint density at radius 3 is 2.62 bits per heavy atom. The molecule has 1 aromatic rings. The summed E-state index contributed by atoms with van der Waals surface area (Å²) in [6.45, 7) is 0.249. The minimum Gasteiger partial charge on any atom is -0.496 e. The smallest absolute Gasteiger partial charge is 0.188 e. The standard InChI is InChI=1S/C9H11BrO3/c1-11-6-13-7-3-4-9(12-2)8(10)5-7/h3-5H,6H2,1-2H3. The number of methoxy groups -OCH3 is 2. The molecule has 0 spiro atoms. The van der Waals surface area contributed by atoms with Crippen LogP contribution < -0.4 is 9.47 Å². The summed E-state index contributed by atoms with van der Waals surface area (Å²) in [4.78, 5) is 0. The zero-order valence-electron chi connectivity index (χ0n) is 7.54. The lowest BCUT2D eigenvalue weighted by atomic mass is 10.3. The predicted molar refractivity (Wildman–Crippen MR) is 53.2 cm³/mol. The van der Waals surface area contributed by atoms with Crippen LogP contribution in [0.2, 0.25) is 0 Å². The molecule has 0 unspecified atom stereocenters. The lowest BCUT2D eigenvalue weighted by molar-refractivity contribution is 0.0510. The van der Waals surface area contributed by atoms with Crippen molar-refractivity contribution in [3.05, 3.63) is 22.7 Å².